The third-order valence-electron chi connectivity index (χ3n) is 5.16. The van der Waals surface area contributed by atoms with E-state index in [1.165, 1.54) is 11.1 Å². The van der Waals surface area contributed by atoms with Crippen molar-refractivity contribution in [2.45, 2.75) is 40.0 Å². The molecule has 0 spiro atoms. The summed E-state index contributed by atoms with van der Waals surface area (Å²) in [5.41, 5.74) is 5.98. The minimum atomic E-state index is -0.137. The van der Waals surface area contributed by atoms with E-state index in [-0.39, 0.29) is 17.6 Å². The SMILES string of the molecule is CC(=O)C1CCC(C)=C(c2ccc(NC(=O)c3ccncc3C)cc2)C1. The summed E-state index contributed by atoms with van der Waals surface area (Å²) in [6.07, 6.45) is 6.03. The van der Waals surface area contributed by atoms with Crippen LogP contribution in [0.5, 0.6) is 0 Å². The Labute approximate surface area is 154 Å². The minimum Gasteiger partial charge on any atom is -0.322 e. The molecule has 0 saturated heterocycles. The van der Waals surface area contributed by atoms with Crippen molar-refractivity contribution in [1.29, 1.82) is 0 Å². The van der Waals surface area contributed by atoms with E-state index in [1.807, 2.05) is 31.2 Å². The molecular formula is C22H24N2O2. The van der Waals surface area contributed by atoms with Crippen LogP contribution >= 0.6 is 0 Å². The molecule has 0 aliphatic heterocycles. The van der Waals surface area contributed by atoms with E-state index < -0.39 is 0 Å². The molecule has 1 aliphatic carbocycles. The fraction of sp³-hybridized carbons (Fsp3) is 0.318. The Morgan fingerprint density at radius 2 is 1.85 bits per heavy atom. The van der Waals surface area contributed by atoms with Gasteiger partial charge in [-0.05, 0) is 74.9 Å². The fourth-order valence-corrected chi connectivity index (χ4v) is 3.46. The summed E-state index contributed by atoms with van der Waals surface area (Å²) >= 11 is 0. The number of aromatic nitrogens is 1. The molecule has 26 heavy (non-hydrogen) atoms. The molecule has 0 radical (unpaired) electrons. The Bertz CT molecular complexity index is 866. The number of ketones is 1. The lowest BCUT2D eigenvalue weighted by molar-refractivity contribution is -0.120. The fourth-order valence-electron chi connectivity index (χ4n) is 3.46. The predicted octanol–water partition coefficient (Wildman–Crippen LogP) is 4.80. The molecule has 0 saturated carbocycles. The molecule has 4 heteroatoms. The van der Waals surface area contributed by atoms with Gasteiger partial charge in [0.15, 0.2) is 0 Å². The van der Waals surface area contributed by atoms with Crippen molar-refractivity contribution in [2.24, 2.45) is 5.92 Å². The van der Waals surface area contributed by atoms with E-state index in [0.717, 1.165) is 36.1 Å². The van der Waals surface area contributed by atoms with Gasteiger partial charge in [-0.15, -0.1) is 0 Å². The Hall–Kier alpha value is -2.75. The molecule has 134 valence electrons. The highest BCUT2D eigenvalue weighted by atomic mass is 16.1. The van der Waals surface area contributed by atoms with Crippen LogP contribution in [-0.2, 0) is 4.79 Å². The number of benzene rings is 1. The lowest BCUT2D eigenvalue weighted by atomic mass is 9.80. The van der Waals surface area contributed by atoms with E-state index in [9.17, 15) is 9.59 Å². The molecule has 4 nitrogen and oxygen atoms in total. The van der Waals surface area contributed by atoms with Gasteiger partial charge in [0.1, 0.15) is 5.78 Å². The molecule has 1 heterocycles. The third-order valence-corrected chi connectivity index (χ3v) is 5.16. The summed E-state index contributed by atoms with van der Waals surface area (Å²) in [4.78, 5) is 28.2. The van der Waals surface area contributed by atoms with Gasteiger partial charge in [0, 0.05) is 29.6 Å². The first-order valence-electron chi connectivity index (χ1n) is 8.97. The van der Waals surface area contributed by atoms with Gasteiger partial charge in [0.25, 0.3) is 5.91 Å². The van der Waals surface area contributed by atoms with Crippen LogP contribution in [0.4, 0.5) is 5.69 Å². The van der Waals surface area contributed by atoms with Crippen molar-refractivity contribution >= 4 is 23.0 Å². The molecule has 1 aliphatic rings. The summed E-state index contributed by atoms with van der Waals surface area (Å²) in [6.45, 7) is 5.70. The maximum absolute atomic E-state index is 12.4. The average molecular weight is 348 g/mol. The van der Waals surface area contributed by atoms with E-state index in [2.05, 4.69) is 17.2 Å². The number of allylic oxidation sites excluding steroid dienone is 2. The van der Waals surface area contributed by atoms with Gasteiger partial charge < -0.3 is 5.32 Å². The first-order valence-corrected chi connectivity index (χ1v) is 8.97. The largest absolute Gasteiger partial charge is 0.322 e. The number of nitrogens with one attached hydrogen (secondary N) is 1. The predicted molar refractivity (Wildman–Crippen MR) is 104 cm³/mol. The second kappa shape index (κ2) is 7.65. The zero-order chi connectivity index (χ0) is 18.7. The summed E-state index contributed by atoms with van der Waals surface area (Å²) in [5, 5.41) is 2.93. The van der Waals surface area contributed by atoms with Gasteiger partial charge in [-0.3, -0.25) is 14.6 Å². The molecule has 1 unspecified atom stereocenters. The van der Waals surface area contributed by atoms with Crippen molar-refractivity contribution in [3.8, 4) is 0 Å². The van der Waals surface area contributed by atoms with Gasteiger partial charge in [-0.1, -0.05) is 17.7 Å². The standard InChI is InChI=1S/C22H24N2O2/c1-14-4-5-18(16(3)25)12-21(14)17-6-8-19(9-7-17)24-22(26)20-10-11-23-13-15(20)2/h6-11,13,18H,4-5,12H2,1-3H3,(H,24,26). The topological polar surface area (TPSA) is 59.1 Å². The highest BCUT2D eigenvalue weighted by Gasteiger charge is 2.23. The lowest BCUT2D eigenvalue weighted by Crippen LogP contribution is -2.16. The number of rotatable bonds is 4. The van der Waals surface area contributed by atoms with Crippen LogP contribution in [0, 0.1) is 12.8 Å². The van der Waals surface area contributed by atoms with Crippen molar-refractivity contribution in [1.82, 2.24) is 4.98 Å². The van der Waals surface area contributed by atoms with Crippen molar-refractivity contribution in [3.63, 3.8) is 0 Å². The molecule has 3 rings (SSSR count). The zero-order valence-electron chi connectivity index (χ0n) is 15.5. The number of carbonyl (C=O) groups is 2. The molecular weight excluding hydrogens is 324 g/mol. The van der Waals surface area contributed by atoms with Crippen molar-refractivity contribution in [2.75, 3.05) is 5.32 Å². The number of anilines is 1. The number of pyridine rings is 1. The summed E-state index contributed by atoms with van der Waals surface area (Å²) in [6, 6.07) is 9.60. The van der Waals surface area contributed by atoms with Crippen LogP contribution < -0.4 is 5.32 Å². The van der Waals surface area contributed by atoms with E-state index >= 15 is 0 Å². The van der Waals surface area contributed by atoms with E-state index in [1.54, 1.807) is 25.4 Å². The molecule has 2 aromatic rings. The average Bonchev–Trinajstić information content (AvgIpc) is 2.63. The molecule has 1 aromatic heterocycles. The molecule has 1 atom stereocenters. The van der Waals surface area contributed by atoms with Crippen molar-refractivity contribution in [3.05, 3.63) is 65.0 Å². The molecule has 0 fully saturated rings. The van der Waals surface area contributed by atoms with Gasteiger partial charge >= 0.3 is 0 Å². The van der Waals surface area contributed by atoms with Crippen molar-refractivity contribution < 1.29 is 9.59 Å². The molecule has 1 amide bonds. The first-order chi connectivity index (χ1) is 12.5. The number of amides is 1. The maximum atomic E-state index is 12.4. The maximum Gasteiger partial charge on any atom is 0.256 e. The normalized spacial score (nSPS) is 17.1. The number of hydrogen-bond acceptors (Lipinski definition) is 3. The second-order valence-corrected chi connectivity index (χ2v) is 7.03. The highest BCUT2D eigenvalue weighted by molar-refractivity contribution is 6.05. The molecule has 1 N–H and O–H groups in total. The van der Waals surface area contributed by atoms with Gasteiger partial charge in [0.05, 0.1) is 0 Å². The number of hydrogen-bond donors (Lipinski definition) is 1. The van der Waals surface area contributed by atoms with E-state index in [0.29, 0.717) is 5.56 Å². The third kappa shape index (κ3) is 3.90. The summed E-state index contributed by atoms with van der Waals surface area (Å²) in [5.74, 6) is 0.261. The Morgan fingerprint density at radius 1 is 1.12 bits per heavy atom. The number of aryl methyl sites for hydroxylation is 1. The Morgan fingerprint density at radius 3 is 2.50 bits per heavy atom. The monoisotopic (exact) mass is 348 g/mol. The number of carbonyl (C=O) groups excluding carboxylic acids is 2. The molecule has 0 bridgehead atoms. The summed E-state index contributed by atoms with van der Waals surface area (Å²) in [7, 11) is 0. The van der Waals surface area contributed by atoms with Crippen LogP contribution in [0.3, 0.4) is 0 Å². The Balaban J connectivity index is 1.75. The Kier molecular flexibility index (Phi) is 5.31. The first kappa shape index (κ1) is 18.1. The quantitative estimate of drug-likeness (QED) is 0.863. The number of Topliss-reactive ketones (excluding diaryl/α,β-unsaturated/α-hetero) is 1. The highest BCUT2D eigenvalue weighted by Crippen LogP contribution is 2.36. The van der Waals surface area contributed by atoms with Gasteiger partial charge in [-0.2, -0.15) is 0 Å². The smallest absolute Gasteiger partial charge is 0.256 e. The second-order valence-electron chi connectivity index (χ2n) is 7.03. The van der Waals surface area contributed by atoms with Gasteiger partial charge in [-0.25, -0.2) is 0 Å². The van der Waals surface area contributed by atoms with Crippen LogP contribution in [-0.4, -0.2) is 16.7 Å². The summed E-state index contributed by atoms with van der Waals surface area (Å²) < 4.78 is 0. The van der Waals surface area contributed by atoms with Crippen LogP contribution in [0.25, 0.3) is 5.57 Å². The van der Waals surface area contributed by atoms with E-state index in [4.69, 9.17) is 0 Å². The lowest BCUT2D eigenvalue weighted by Gasteiger charge is -2.24. The molecule has 1 aromatic carbocycles. The minimum absolute atomic E-state index is 0.128. The van der Waals surface area contributed by atoms with Crippen LogP contribution in [0.1, 0.15) is 54.6 Å². The zero-order valence-corrected chi connectivity index (χ0v) is 15.5. The number of nitrogens with zero attached hydrogens (tertiary/aromatic N) is 1. The van der Waals surface area contributed by atoms with Crippen LogP contribution in [0.2, 0.25) is 0 Å². The van der Waals surface area contributed by atoms with Crippen LogP contribution in [0.15, 0.2) is 48.3 Å². The van der Waals surface area contributed by atoms with Gasteiger partial charge in [0.2, 0.25) is 0 Å².